The molecule has 5 heterocycles. The fourth-order valence-corrected chi connectivity index (χ4v) is 20.4. The van der Waals surface area contributed by atoms with Gasteiger partial charge in [-0.05, 0) is 232 Å². The highest BCUT2D eigenvalue weighted by Gasteiger charge is 2.35. The molecule has 18 rings (SSSR count). The summed E-state index contributed by atoms with van der Waals surface area (Å²) >= 11 is 3.30. The summed E-state index contributed by atoms with van der Waals surface area (Å²) in [7, 11) is 9.21. The summed E-state index contributed by atoms with van der Waals surface area (Å²) < 4.78 is 55.5. The van der Waals surface area contributed by atoms with Gasteiger partial charge in [0.05, 0.1) is 45.8 Å². The Balaban J connectivity index is 0.000000137. The molecule has 5 aliphatic heterocycles. The van der Waals surface area contributed by atoms with Crippen molar-refractivity contribution in [2.75, 3.05) is 127 Å². The molecule has 0 fully saturated rings. The van der Waals surface area contributed by atoms with Crippen LogP contribution in [-0.4, -0.2) is 182 Å². The van der Waals surface area contributed by atoms with E-state index < -0.39 is 10.0 Å². The number of likely N-dealkylation sites (N-methyl/N-ethyl adjacent to an activating group) is 2. The molecule has 0 N–H and O–H groups in total. The Morgan fingerprint density at radius 1 is 0.406 bits per heavy atom. The number of sulfonamides is 1. The molecule has 0 radical (unpaired) electrons. The van der Waals surface area contributed by atoms with Gasteiger partial charge < -0.3 is 43.3 Å². The van der Waals surface area contributed by atoms with Gasteiger partial charge in [-0.1, -0.05) is 271 Å². The number of methoxy groups -OCH3 is 5. The summed E-state index contributed by atoms with van der Waals surface area (Å²) in [4.78, 5) is 47.1. The lowest BCUT2D eigenvalue weighted by molar-refractivity contribution is -0.129. The average molecular weight is 1860 g/mol. The predicted octanol–water partition coefficient (Wildman–Crippen LogP) is 21.4. The second-order valence-corrected chi connectivity index (χ2v) is 36.9. The highest BCUT2D eigenvalue weighted by molar-refractivity contribution is 9.09. The number of fused-ring (bicyclic) bond motifs is 6. The third kappa shape index (κ3) is 25.6. The van der Waals surface area contributed by atoms with Gasteiger partial charge in [0.25, 0.3) is 0 Å². The smallest absolute Gasteiger partial charge is 0.245 e. The van der Waals surface area contributed by atoms with Crippen molar-refractivity contribution in [3.8, 4) is 28.7 Å². The first kappa shape index (κ1) is 97.8. The first-order valence-corrected chi connectivity index (χ1v) is 48.4. The van der Waals surface area contributed by atoms with E-state index in [0.717, 1.165) is 117 Å². The van der Waals surface area contributed by atoms with Gasteiger partial charge in [0.2, 0.25) is 27.7 Å². The number of aryl methyl sites for hydroxylation is 1. The molecule has 13 aromatic carbocycles. The summed E-state index contributed by atoms with van der Waals surface area (Å²) in [5.74, 6) is 5.50. The first-order valence-electron chi connectivity index (χ1n) is 45.8. The summed E-state index contributed by atoms with van der Waals surface area (Å²) in [6.45, 7) is 20.3. The number of carbonyl (C=O) groups is 3. The second-order valence-electron chi connectivity index (χ2n) is 34.4. The molecule has 18 heteroatoms. The van der Waals surface area contributed by atoms with E-state index in [-0.39, 0.29) is 41.4 Å². The van der Waals surface area contributed by atoms with Crippen molar-refractivity contribution in [3.63, 3.8) is 0 Å². The van der Waals surface area contributed by atoms with E-state index in [0.29, 0.717) is 55.3 Å². The normalized spacial score (nSPS) is 16.8. The number of halogens is 1. The van der Waals surface area contributed by atoms with Crippen LogP contribution in [0.5, 0.6) is 28.7 Å². The Labute approximate surface area is 796 Å². The number of carbonyl (C=O) groups excluding carboxylic acids is 3. The Hall–Kier alpha value is -12.7. The molecule has 0 bridgehead atoms. The van der Waals surface area contributed by atoms with Crippen molar-refractivity contribution in [2.45, 2.75) is 87.0 Å². The number of hydrogen-bond acceptors (Lipinski definition) is 12. The number of hydrogen-bond donors (Lipinski definition) is 0. The van der Waals surface area contributed by atoms with Crippen LogP contribution in [0.4, 0.5) is 0 Å². The molecule has 133 heavy (non-hydrogen) atoms. The molecule has 13 aromatic rings. The van der Waals surface area contributed by atoms with Gasteiger partial charge in [0.1, 0.15) is 28.7 Å². The van der Waals surface area contributed by atoms with Gasteiger partial charge in [0.15, 0.2) is 0 Å². The molecule has 0 saturated heterocycles. The van der Waals surface area contributed by atoms with E-state index in [2.05, 4.69) is 265 Å². The van der Waals surface area contributed by atoms with Crippen molar-refractivity contribution in [2.24, 2.45) is 0 Å². The fraction of sp³-hybridized carbons (Fsp3) is 0.278. The monoisotopic (exact) mass is 1860 g/mol. The van der Waals surface area contributed by atoms with Gasteiger partial charge in [-0.15, -0.1) is 6.58 Å². The van der Waals surface area contributed by atoms with Crippen LogP contribution in [0.15, 0.2) is 340 Å². The number of benzene rings is 13. The standard InChI is InChI=1S/C24H25NO3S.C20H21NO2.C19H20BrNO2.C19H21NO2.C18H21NO.C15H17N/c1-18-8-12-22(13-9-18)29(26,27)25-15-14-20-10-11-21(28-2)16-23(20)24(17-25)19-6-4-3-5-7-19;1-3-20(22)21-12-11-16-9-10-17(23-2)13-18(16)19(14-21)15-7-5-4-6-8-15;1-23-16-8-7-15-9-10-21(19(22)12-20)13-18(17(15)11-16)14-5-3-2-4-6-14;1-14(21)20-11-10-16-8-9-17(22-2)12-18(16)19(13-20)15-6-4-3-5-7-15;1-19-11-10-15-8-9-16(20-2)12-17(15)18(13-19)14-6-4-3-5-7-14;1-3-11-16(2)12-14-9-6-8-13-7-4-5-10-15(13)14/h3-13,16,24H,14-15,17H2,1-2H3;3-10,13,19H,1,11-12,14H2,2H3;2-8,11,18H,9-10,12-13H2,1H3;3-9,12,19H,10-11,13H2,1-2H3;3-9,12,18H,10-11,13H2,1-2H3;3-10H,1,11-12H2,2H3. The van der Waals surface area contributed by atoms with E-state index in [1.165, 1.54) is 94.7 Å². The van der Waals surface area contributed by atoms with Crippen molar-refractivity contribution in [1.29, 1.82) is 0 Å². The maximum Gasteiger partial charge on any atom is 0.245 e. The van der Waals surface area contributed by atoms with Crippen LogP contribution in [-0.2, 0) is 63.1 Å². The largest absolute Gasteiger partial charge is 0.497 e. The predicted molar refractivity (Wildman–Crippen MR) is 542 cm³/mol. The van der Waals surface area contributed by atoms with Crippen LogP contribution in [0.2, 0.25) is 0 Å². The van der Waals surface area contributed by atoms with Gasteiger partial charge in [-0.25, -0.2) is 8.42 Å². The highest BCUT2D eigenvalue weighted by atomic mass is 79.9. The molecule has 5 aliphatic rings. The molecule has 0 aromatic heterocycles. The Morgan fingerprint density at radius 3 is 1.13 bits per heavy atom. The number of alkyl halides is 1. The highest BCUT2D eigenvalue weighted by Crippen LogP contribution is 2.41. The molecular weight excluding hydrogens is 1740 g/mol. The number of amides is 3. The zero-order chi connectivity index (χ0) is 93.8. The van der Waals surface area contributed by atoms with Crippen molar-refractivity contribution in [1.82, 2.24) is 28.8 Å². The number of nitrogens with zero attached hydrogens (tertiary/aromatic N) is 6. The Bertz CT molecular complexity index is 6130. The molecule has 688 valence electrons. The van der Waals surface area contributed by atoms with Gasteiger partial charge in [-0.3, -0.25) is 19.3 Å². The third-order valence-electron chi connectivity index (χ3n) is 25.9. The fourth-order valence-electron chi connectivity index (χ4n) is 18.6. The molecule has 3 amide bonds. The minimum Gasteiger partial charge on any atom is -0.497 e. The lowest BCUT2D eigenvalue weighted by Crippen LogP contribution is -2.35. The molecular formula is C115H125BrN6O10S. The lowest BCUT2D eigenvalue weighted by atomic mass is 9.88. The summed E-state index contributed by atoms with van der Waals surface area (Å²) in [5.41, 5.74) is 21.4. The zero-order valence-corrected chi connectivity index (χ0v) is 80.6. The number of ether oxygens (including phenoxy) is 5. The van der Waals surface area contributed by atoms with Crippen molar-refractivity contribution >= 4 is 54.4 Å². The van der Waals surface area contributed by atoms with Crippen LogP contribution in [0.25, 0.3) is 10.8 Å². The number of rotatable bonds is 18. The van der Waals surface area contributed by atoms with Crippen LogP contribution in [0.3, 0.4) is 0 Å². The molecule has 5 atom stereocenters. The topological polar surface area (TPSA) is 151 Å². The Kier molecular flexibility index (Phi) is 35.4. The second kappa shape index (κ2) is 48.1. The lowest BCUT2D eigenvalue weighted by Gasteiger charge is -2.25. The van der Waals surface area contributed by atoms with Crippen LogP contribution < -0.4 is 23.7 Å². The molecule has 0 saturated carbocycles. The van der Waals surface area contributed by atoms with E-state index in [1.807, 2.05) is 113 Å². The maximum absolute atomic E-state index is 13.4. The molecule has 16 nitrogen and oxygen atoms in total. The van der Waals surface area contributed by atoms with E-state index in [1.54, 1.807) is 58.9 Å². The van der Waals surface area contributed by atoms with Crippen molar-refractivity contribution in [3.05, 3.63) is 429 Å². The molecule has 0 aliphatic carbocycles. The average Bonchev–Trinajstić information content (AvgIpc) is 1.63. The zero-order valence-electron chi connectivity index (χ0n) is 78.2. The van der Waals surface area contributed by atoms with Crippen molar-refractivity contribution < 1.29 is 46.5 Å². The van der Waals surface area contributed by atoms with E-state index in [9.17, 15) is 22.8 Å². The quantitative estimate of drug-likeness (QED) is 0.0457. The van der Waals surface area contributed by atoms with Crippen LogP contribution in [0.1, 0.15) is 131 Å². The third-order valence-corrected chi connectivity index (χ3v) is 28.3. The van der Waals surface area contributed by atoms with Gasteiger partial charge >= 0.3 is 0 Å². The van der Waals surface area contributed by atoms with E-state index >= 15 is 0 Å². The molecule has 0 spiro atoms. The van der Waals surface area contributed by atoms with Gasteiger partial charge in [0, 0.05) is 115 Å². The first-order chi connectivity index (χ1) is 64.7. The minimum atomic E-state index is -3.57. The van der Waals surface area contributed by atoms with Crippen LogP contribution in [0, 0.1) is 6.92 Å². The Morgan fingerprint density at radius 2 is 0.744 bits per heavy atom. The minimum absolute atomic E-state index is 0.00861. The summed E-state index contributed by atoms with van der Waals surface area (Å²) in [6, 6.07) is 105. The molecule has 5 unspecified atom stereocenters. The van der Waals surface area contributed by atoms with E-state index in [4.69, 9.17) is 23.7 Å². The SMILES string of the molecule is C=CC(=O)N1CCc2ccc(OC)cc2C(c2ccccc2)C1.C=CCN(C)Cc1cccc2ccccc12.COc1ccc2c(c1)C(c1ccccc1)CN(C(=O)CBr)CC2.COc1ccc2c(c1)C(c1ccccc1)CN(C(C)=O)CC2.COc1ccc2c(c1)C(c1ccccc1)CN(C)CC2.COc1ccc2c(c1)C(c1ccccc1)CN(S(=O)(=O)c1ccc(C)cc1)CC2. The summed E-state index contributed by atoms with van der Waals surface area (Å²) in [5, 5.41) is 3.03. The summed E-state index contributed by atoms with van der Waals surface area (Å²) in [6.07, 6.45) is 7.74. The van der Waals surface area contributed by atoms with Crippen LogP contribution >= 0.6 is 15.9 Å². The van der Waals surface area contributed by atoms with Gasteiger partial charge in [-0.2, -0.15) is 4.31 Å². The maximum atomic E-state index is 13.4.